The third kappa shape index (κ3) is 3.50. The van der Waals surface area contributed by atoms with Crippen molar-refractivity contribution in [3.05, 3.63) is 66.4 Å². The van der Waals surface area contributed by atoms with Gasteiger partial charge in [-0.15, -0.1) is 0 Å². The summed E-state index contributed by atoms with van der Waals surface area (Å²) in [5.41, 5.74) is 3.97. The summed E-state index contributed by atoms with van der Waals surface area (Å²) in [6, 6.07) is 16.6. The monoisotopic (exact) mass is 359 g/mol. The second kappa shape index (κ2) is 6.92. The van der Waals surface area contributed by atoms with E-state index in [1.165, 1.54) is 6.92 Å². The summed E-state index contributed by atoms with van der Waals surface area (Å²) in [6.45, 7) is 1.46. The molecule has 0 aliphatic carbocycles. The molecular weight excluding hydrogens is 342 g/mol. The third-order valence-electron chi connectivity index (χ3n) is 4.29. The van der Waals surface area contributed by atoms with Gasteiger partial charge in [-0.2, -0.15) is 0 Å². The smallest absolute Gasteiger partial charge is 0.237 e. The van der Waals surface area contributed by atoms with E-state index in [9.17, 15) is 9.59 Å². The van der Waals surface area contributed by atoms with Crippen molar-refractivity contribution in [1.82, 2.24) is 0 Å². The van der Waals surface area contributed by atoms with Gasteiger partial charge < -0.3 is 15.1 Å². The fraction of sp³-hybridized carbons (Fsp3) is 0.0952. The van der Waals surface area contributed by atoms with Crippen LogP contribution in [-0.2, 0) is 9.59 Å². The molecule has 0 bridgehead atoms. The molecule has 1 unspecified atom stereocenters. The van der Waals surface area contributed by atoms with Gasteiger partial charge in [-0.1, -0.05) is 12.1 Å². The lowest BCUT2D eigenvalue weighted by Crippen LogP contribution is -2.12. The minimum atomic E-state index is -0.444. The number of rotatable bonds is 4. The maximum absolute atomic E-state index is 12.4. The maximum atomic E-state index is 12.4. The molecule has 6 heteroatoms. The Labute approximate surface area is 155 Å². The van der Waals surface area contributed by atoms with Gasteiger partial charge in [0, 0.05) is 30.1 Å². The van der Waals surface area contributed by atoms with Crippen LogP contribution in [-0.4, -0.2) is 18.0 Å². The molecule has 1 aliphatic heterocycles. The minimum Gasteiger partial charge on any atom is -0.464 e. The second-order valence-corrected chi connectivity index (χ2v) is 6.25. The van der Waals surface area contributed by atoms with Gasteiger partial charge >= 0.3 is 0 Å². The summed E-state index contributed by atoms with van der Waals surface area (Å²) in [7, 11) is 0. The van der Waals surface area contributed by atoms with Gasteiger partial charge in [0.2, 0.25) is 11.8 Å². The van der Waals surface area contributed by atoms with E-state index in [-0.39, 0.29) is 11.8 Å². The lowest BCUT2D eigenvalue weighted by molar-refractivity contribution is -0.116. The molecule has 2 aromatic carbocycles. The highest BCUT2D eigenvalue weighted by molar-refractivity contribution is 6.13. The van der Waals surface area contributed by atoms with Gasteiger partial charge in [0.15, 0.2) is 0 Å². The fourth-order valence-electron chi connectivity index (χ4n) is 3.03. The first-order chi connectivity index (χ1) is 13.1. The lowest BCUT2D eigenvalue weighted by atomic mass is 10.00. The standard InChI is InChI=1S/C21H17N3O3/c1-13(25)23-16-7-5-15(6-8-16)22-12-18-17-9-4-14(20-3-2-10-27-20)11-19(17)24-21(18)26/h2-12,18H,1H3,(H,23,25)(H,24,26). The highest BCUT2D eigenvalue weighted by Gasteiger charge is 2.29. The van der Waals surface area contributed by atoms with Crippen molar-refractivity contribution >= 4 is 35.1 Å². The van der Waals surface area contributed by atoms with Crippen LogP contribution in [0.25, 0.3) is 11.3 Å². The molecule has 134 valence electrons. The van der Waals surface area contributed by atoms with E-state index >= 15 is 0 Å². The molecule has 1 aliphatic rings. The molecule has 2 amide bonds. The average molecular weight is 359 g/mol. The fourth-order valence-corrected chi connectivity index (χ4v) is 3.03. The average Bonchev–Trinajstić information content (AvgIpc) is 3.28. The van der Waals surface area contributed by atoms with Crippen LogP contribution in [0, 0.1) is 0 Å². The van der Waals surface area contributed by atoms with Crippen molar-refractivity contribution in [2.45, 2.75) is 12.8 Å². The van der Waals surface area contributed by atoms with Gasteiger partial charge in [0.25, 0.3) is 0 Å². The summed E-state index contributed by atoms with van der Waals surface area (Å²) in [5.74, 6) is 0.0729. The lowest BCUT2D eigenvalue weighted by Gasteiger charge is -2.04. The molecule has 0 fully saturated rings. The van der Waals surface area contributed by atoms with Gasteiger partial charge in [-0.3, -0.25) is 14.6 Å². The molecule has 2 heterocycles. The topological polar surface area (TPSA) is 83.7 Å². The van der Waals surface area contributed by atoms with Gasteiger partial charge in [-0.05, 0) is 48.0 Å². The van der Waals surface area contributed by atoms with E-state index in [1.54, 1.807) is 36.7 Å². The SMILES string of the molecule is CC(=O)Nc1ccc(N=CC2C(=O)Nc3cc(-c4ccco4)ccc32)cc1. The Bertz CT molecular complexity index is 1020. The highest BCUT2D eigenvalue weighted by Crippen LogP contribution is 2.35. The Balaban J connectivity index is 1.54. The number of amides is 2. The van der Waals surface area contributed by atoms with Crippen LogP contribution < -0.4 is 10.6 Å². The number of carbonyl (C=O) groups is 2. The largest absolute Gasteiger partial charge is 0.464 e. The number of aliphatic imine (C=N–C) groups is 1. The maximum Gasteiger partial charge on any atom is 0.237 e. The Morgan fingerprint density at radius 3 is 2.70 bits per heavy atom. The molecular formula is C21H17N3O3. The predicted molar refractivity (Wildman–Crippen MR) is 104 cm³/mol. The third-order valence-corrected chi connectivity index (χ3v) is 4.29. The molecule has 1 aromatic heterocycles. The molecule has 3 aromatic rings. The van der Waals surface area contributed by atoms with Crippen molar-refractivity contribution in [3.8, 4) is 11.3 Å². The van der Waals surface area contributed by atoms with E-state index in [0.717, 1.165) is 22.6 Å². The number of hydrogen-bond donors (Lipinski definition) is 2. The van der Waals surface area contributed by atoms with E-state index in [0.29, 0.717) is 11.4 Å². The van der Waals surface area contributed by atoms with Crippen LogP contribution in [0.2, 0.25) is 0 Å². The van der Waals surface area contributed by atoms with Crippen LogP contribution in [0.5, 0.6) is 0 Å². The van der Waals surface area contributed by atoms with Crippen LogP contribution in [0.4, 0.5) is 17.1 Å². The second-order valence-electron chi connectivity index (χ2n) is 6.25. The predicted octanol–water partition coefficient (Wildman–Crippen LogP) is 4.34. The first-order valence-electron chi connectivity index (χ1n) is 8.51. The summed E-state index contributed by atoms with van der Waals surface area (Å²) < 4.78 is 5.41. The van der Waals surface area contributed by atoms with Crippen LogP contribution in [0.15, 0.2) is 70.3 Å². The van der Waals surface area contributed by atoms with Gasteiger partial charge in [0.1, 0.15) is 11.7 Å². The number of anilines is 2. The molecule has 1 atom stereocenters. The zero-order valence-electron chi connectivity index (χ0n) is 14.6. The molecule has 0 radical (unpaired) electrons. The van der Waals surface area contributed by atoms with E-state index in [1.807, 2.05) is 30.3 Å². The Kier molecular flexibility index (Phi) is 4.30. The summed E-state index contributed by atoms with van der Waals surface area (Å²) in [6.07, 6.45) is 3.26. The molecule has 0 saturated heterocycles. The van der Waals surface area contributed by atoms with Gasteiger partial charge in [0.05, 0.1) is 12.0 Å². The normalized spacial score (nSPS) is 15.6. The molecule has 0 spiro atoms. The first-order valence-corrected chi connectivity index (χ1v) is 8.51. The van der Waals surface area contributed by atoms with Crippen LogP contribution in [0.1, 0.15) is 18.4 Å². The molecule has 4 rings (SSSR count). The van der Waals surface area contributed by atoms with E-state index in [2.05, 4.69) is 15.6 Å². The highest BCUT2D eigenvalue weighted by atomic mass is 16.3. The van der Waals surface area contributed by atoms with Crippen molar-refractivity contribution in [2.24, 2.45) is 4.99 Å². The first kappa shape index (κ1) is 16.8. The summed E-state index contributed by atoms with van der Waals surface area (Å²) in [4.78, 5) is 27.8. The number of furan rings is 1. The summed E-state index contributed by atoms with van der Waals surface area (Å²) >= 11 is 0. The van der Waals surface area contributed by atoms with Crippen LogP contribution in [0.3, 0.4) is 0 Å². The molecule has 27 heavy (non-hydrogen) atoms. The van der Waals surface area contributed by atoms with Crippen LogP contribution >= 0.6 is 0 Å². The zero-order chi connectivity index (χ0) is 18.8. The van der Waals surface area contributed by atoms with E-state index in [4.69, 9.17) is 4.42 Å². The quantitative estimate of drug-likeness (QED) is 0.680. The number of fused-ring (bicyclic) bond motifs is 1. The Morgan fingerprint density at radius 1 is 1.19 bits per heavy atom. The van der Waals surface area contributed by atoms with E-state index < -0.39 is 5.92 Å². The number of nitrogens with zero attached hydrogens (tertiary/aromatic N) is 1. The van der Waals surface area contributed by atoms with Crippen molar-refractivity contribution in [2.75, 3.05) is 10.6 Å². The Hall–Kier alpha value is -3.67. The van der Waals surface area contributed by atoms with Crippen molar-refractivity contribution in [3.63, 3.8) is 0 Å². The zero-order valence-corrected chi connectivity index (χ0v) is 14.6. The number of hydrogen-bond acceptors (Lipinski definition) is 4. The number of benzene rings is 2. The van der Waals surface area contributed by atoms with Crippen molar-refractivity contribution < 1.29 is 14.0 Å². The Morgan fingerprint density at radius 2 is 2.00 bits per heavy atom. The molecule has 6 nitrogen and oxygen atoms in total. The van der Waals surface area contributed by atoms with Crippen molar-refractivity contribution in [1.29, 1.82) is 0 Å². The minimum absolute atomic E-state index is 0.111. The summed E-state index contributed by atoms with van der Waals surface area (Å²) in [5, 5.41) is 5.60. The molecule has 0 saturated carbocycles. The van der Waals surface area contributed by atoms with Gasteiger partial charge in [-0.25, -0.2) is 0 Å². The number of carbonyl (C=O) groups excluding carboxylic acids is 2. The molecule has 2 N–H and O–H groups in total. The number of nitrogens with one attached hydrogen (secondary N) is 2.